The van der Waals surface area contributed by atoms with E-state index in [1.165, 1.54) is 7.11 Å². The maximum atomic E-state index is 11.0. The molecule has 0 rings (SSSR count). The van der Waals surface area contributed by atoms with Gasteiger partial charge in [-0.05, 0) is 12.8 Å². The fraction of sp³-hybridized carbons (Fsp3) is 0.875. The predicted molar refractivity (Wildman–Crippen MR) is 42.3 cm³/mol. The molecule has 0 aliphatic heterocycles. The first-order chi connectivity index (χ1) is 5.26. The molecule has 0 aromatic carbocycles. The Bertz CT molecular complexity index is 112. The van der Waals surface area contributed by atoms with Crippen molar-refractivity contribution in [1.82, 2.24) is 0 Å². The highest BCUT2D eigenvalue weighted by Crippen LogP contribution is 2.09. The molecule has 0 N–H and O–H groups in total. The van der Waals surface area contributed by atoms with Gasteiger partial charge in [-0.15, -0.1) is 0 Å². The van der Waals surface area contributed by atoms with Crippen molar-refractivity contribution in [1.29, 1.82) is 0 Å². The Morgan fingerprint density at radius 3 is 2.45 bits per heavy atom. The van der Waals surface area contributed by atoms with Crippen molar-refractivity contribution < 1.29 is 14.3 Å². The largest absolute Gasteiger partial charge is 0.469 e. The highest BCUT2D eigenvalue weighted by molar-refractivity contribution is 5.72. The van der Waals surface area contributed by atoms with Gasteiger partial charge in [0.15, 0.2) is 0 Å². The zero-order chi connectivity index (χ0) is 8.69. The highest BCUT2D eigenvalue weighted by Gasteiger charge is 2.15. The summed E-state index contributed by atoms with van der Waals surface area (Å²) in [5, 5.41) is 0. The number of ether oxygens (including phenoxy) is 2. The molecule has 0 heterocycles. The van der Waals surface area contributed by atoms with E-state index < -0.39 is 0 Å². The molecule has 11 heavy (non-hydrogen) atoms. The Labute approximate surface area is 67.7 Å². The lowest BCUT2D eigenvalue weighted by molar-refractivity contribution is -0.146. The number of esters is 1. The van der Waals surface area contributed by atoms with E-state index in [0.717, 1.165) is 12.8 Å². The molecular weight excluding hydrogens is 144 g/mol. The van der Waals surface area contributed by atoms with E-state index in [-0.39, 0.29) is 11.9 Å². The topological polar surface area (TPSA) is 35.5 Å². The molecule has 0 bridgehead atoms. The van der Waals surface area contributed by atoms with Crippen molar-refractivity contribution in [2.45, 2.75) is 19.8 Å². The SMILES string of the molecule is CCC(CCOC)C(=O)OC. The van der Waals surface area contributed by atoms with Crippen LogP contribution in [-0.2, 0) is 14.3 Å². The molecule has 0 saturated heterocycles. The van der Waals surface area contributed by atoms with Gasteiger partial charge >= 0.3 is 5.97 Å². The van der Waals surface area contributed by atoms with Crippen molar-refractivity contribution in [2.75, 3.05) is 20.8 Å². The third-order valence-corrected chi connectivity index (χ3v) is 1.70. The lowest BCUT2D eigenvalue weighted by atomic mass is 10.0. The Kier molecular flexibility index (Phi) is 5.84. The molecule has 1 unspecified atom stereocenters. The fourth-order valence-corrected chi connectivity index (χ4v) is 0.915. The molecule has 0 aliphatic rings. The van der Waals surface area contributed by atoms with Crippen molar-refractivity contribution in [3.8, 4) is 0 Å². The van der Waals surface area contributed by atoms with Crippen molar-refractivity contribution in [2.24, 2.45) is 5.92 Å². The minimum atomic E-state index is -0.135. The summed E-state index contributed by atoms with van der Waals surface area (Å²) in [6.45, 7) is 2.59. The van der Waals surface area contributed by atoms with Crippen molar-refractivity contribution >= 4 is 5.97 Å². The van der Waals surface area contributed by atoms with Crippen LogP contribution in [0.1, 0.15) is 19.8 Å². The number of carbonyl (C=O) groups is 1. The van der Waals surface area contributed by atoms with Gasteiger partial charge in [-0.2, -0.15) is 0 Å². The van der Waals surface area contributed by atoms with Gasteiger partial charge < -0.3 is 9.47 Å². The minimum absolute atomic E-state index is 0.0000463. The lowest BCUT2D eigenvalue weighted by Crippen LogP contribution is -2.16. The lowest BCUT2D eigenvalue weighted by Gasteiger charge is -2.10. The van der Waals surface area contributed by atoms with Gasteiger partial charge in [0.05, 0.1) is 13.0 Å². The second-order valence-corrected chi connectivity index (χ2v) is 2.41. The molecule has 0 radical (unpaired) electrons. The third-order valence-electron chi connectivity index (χ3n) is 1.70. The molecule has 0 aromatic heterocycles. The zero-order valence-electron chi connectivity index (χ0n) is 7.42. The van der Waals surface area contributed by atoms with Crippen LogP contribution >= 0.6 is 0 Å². The minimum Gasteiger partial charge on any atom is -0.469 e. The van der Waals surface area contributed by atoms with E-state index >= 15 is 0 Å². The first kappa shape index (κ1) is 10.4. The number of methoxy groups -OCH3 is 2. The summed E-state index contributed by atoms with van der Waals surface area (Å²) >= 11 is 0. The molecule has 0 aromatic rings. The van der Waals surface area contributed by atoms with Gasteiger partial charge in [-0.25, -0.2) is 0 Å². The van der Waals surface area contributed by atoms with Gasteiger partial charge in [0.25, 0.3) is 0 Å². The van der Waals surface area contributed by atoms with Crippen LogP contribution in [0.15, 0.2) is 0 Å². The van der Waals surface area contributed by atoms with Gasteiger partial charge in [0, 0.05) is 13.7 Å². The second-order valence-electron chi connectivity index (χ2n) is 2.41. The van der Waals surface area contributed by atoms with Crippen molar-refractivity contribution in [3.05, 3.63) is 0 Å². The van der Waals surface area contributed by atoms with Crippen LogP contribution in [0.2, 0.25) is 0 Å². The van der Waals surface area contributed by atoms with Crippen LogP contribution in [0.25, 0.3) is 0 Å². The summed E-state index contributed by atoms with van der Waals surface area (Å²) in [6, 6.07) is 0. The Morgan fingerprint density at radius 1 is 1.45 bits per heavy atom. The summed E-state index contributed by atoms with van der Waals surface area (Å²) in [4.78, 5) is 11.0. The molecule has 0 saturated carbocycles. The number of rotatable bonds is 5. The van der Waals surface area contributed by atoms with E-state index in [0.29, 0.717) is 6.61 Å². The van der Waals surface area contributed by atoms with Crippen LogP contribution in [-0.4, -0.2) is 26.8 Å². The van der Waals surface area contributed by atoms with Crippen LogP contribution < -0.4 is 0 Å². The summed E-state index contributed by atoms with van der Waals surface area (Å²) in [7, 11) is 3.04. The van der Waals surface area contributed by atoms with Crippen LogP contribution in [0.4, 0.5) is 0 Å². The molecule has 3 heteroatoms. The van der Waals surface area contributed by atoms with Gasteiger partial charge in [-0.1, -0.05) is 6.92 Å². The Hall–Kier alpha value is -0.570. The first-order valence-corrected chi connectivity index (χ1v) is 3.83. The van der Waals surface area contributed by atoms with E-state index in [1.54, 1.807) is 7.11 Å². The second kappa shape index (κ2) is 6.16. The highest BCUT2D eigenvalue weighted by atomic mass is 16.5. The van der Waals surface area contributed by atoms with E-state index in [1.807, 2.05) is 6.92 Å². The monoisotopic (exact) mass is 160 g/mol. The molecule has 0 fully saturated rings. The number of carbonyl (C=O) groups excluding carboxylic acids is 1. The number of hydrogen-bond donors (Lipinski definition) is 0. The smallest absolute Gasteiger partial charge is 0.308 e. The Balaban J connectivity index is 3.65. The van der Waals surface area contributed by atoms with Gasteiger partial charge in [-0.3, -0.25) is 4.79 Å². The maximum absolute atomic E-state index is 11.0. The molecular formula is C8H16O3. The summed E-state index contributed by atoms with van der Waals surface area (Å²) in [5.74, 6) is -0.135. The maximum Gasteiger partial charge on any atom is 0.308 e. The van der Waals surface area contributed by atoms with E-state index in [2.05, 4.69) is 4.74 Å². The van der Waals surface area contributed by atoms with E-state index in [4.69, 9.17) is 4.74 Å². The average molecular weight is 160 g/mol. The van der Waals surface area contributed by atoms with Crippen LogP contribution in [0.5, 0.6) is 0 Å². The van der Waals surface area contributed by atoms with Gasteiger partial charge in [0.1, 0.15) is 0 Å². The normalized spacial score (nSPS) is 12.6. The molecule has 1 atom stereocenters. The summed E-state index contributed by atoms with van der Waals surface area (Å²) in [5.41, 5.74) is 0. The quantitative estimate of drug-likeness (QED) is 0.567. The molecule has 0 spiro atoms. The molecule has 0 aliphatic carbocycles. The molecule has 66 valence electrons. The molecule has 0 amide bonds. The van der Waals surface area contributed by atoms with Crippen LogP contribution in [0, 0.1) is 5.92 Å². The zero-order valence-corrected chi connectivity index (χ0v) is 7.42. The predicted octanol–water partition coefficient (Wildman–Crippen LogP) is 1.22. The van der Waals surface area contributed by atoms with Crippen molar-refractivity contribution in [3.63, 3.8) is 0 Å². The standard InChI is InChI=1S/C8H16O3/c1-4-7(5-6-10-2)8(9)11-3/h7H,4-6H2,1-3H3. The number of hydrogen-bond acceptors (Lipinski definition) is 3. The summed E-state index contributed by atoms with van der Waals surface area (Å²) in [6.07, 6.45) is 1.57. The Morgan fingerprint density at radius 2 is 2.09 bits per heavy atom. The average Bonchev–Trinajstić information content (AvgIpc) is 2.05. The fourth-order valence-electron chi connectivity index (χ4n) is 0.915. The molecule has 3 nitrogen and oxygen atoms in total. The van der Waals surface area contributed by atoms with Gasteiger partial charge in [0.2, 0.25) is 0 Å². The van der Waals surface area contributed by atoms with Crippen LogP contribution in [0.3, 0.4) is 0 Å². The summed E-state index contributed by atoms with van der Waals surface area (Å²) < 4.78 is 9.47. The first-order valence-electron chi connectivity index (χ1n) is 3.83. The van der Waals surface area contributed by atoms with E-state index in [9.17, 15) is 4.79 Å². The third kappa shape index (κ3) is 3.98.